The van der Waals surface area contributed by atoms with E-state index in [1.807, 2.05) is 18.2 Å². The van der Waals surface area contributed by atoms with E-state index in [9.17, 15) is 4.79 Å². The van der Waals surface area contributed by atoms with Gasteiger partial charge in [-0.3, -0.25) is 4.79 Å². The van der Waals surface area contributed by atoms with Gasteiger partial charge in [-0.25, -0.2) is 0 Å². The second-order valence-corrected chi connectivity index (χ2v) is 4.54. The maximum absolute atomic E-state index is 11.9. The molecule has 1 aliphatic rings. The number of benzene rings is 1. The Kier molecular flexibility index (Phi) is 4.02. The lowest BCUT2D eigenvalue weighted by atomic mass is 9.98. The molecule has 1 aromatic rings. The number of carbonyl (C=O) groups is 1. The van der Waals surface area contributed by atoms with Crippen molar-refractivity contribution in [1.82, 2.24) is 5.32 Å². The zero-order chi connectivity index (χ0) is 12.1. The molecule has 92 valence electrons. The van der Waals surface area contributed by atoms with E-state index < -0.39 is 0 Å². The summed E-state index contributed by atoms with van der Waals surface area (Å²) >= 11 is 0. The molecule has 2 N–H and O–H groups in total. The molecule has 0 spiro atoms. The maximum Gasteiger partial charge on any atom is 0.242 e. The van der Waals surface area contributed by atoms with Gasteiger partial charge in [0.25, 0.3) is 0 Å². The lowest BCUT2D eigenvalue weighted by Gasteiger charge is -2.26. The standard InChI is InChI=1S/C14H20N2O/c1-2-3-10-15-14(17)13-9-8-11-6-4-5-7-12(11)16-13/h4-7,13,16H,2-3,8-10H2,1H3,(H,15,17). The quantitative estimate of drug-likeness (QED) is 0.782. The van der Waals surface area contributed by atoms with Crippen LogP contribution in [0.25, 0.3) is 0 Å². The van der Waals surface area contributed by atoms with E-state index >= 15 is 0 Å². The number of fused-ring (bicyclic) bond motifs is 1. The Balaban J connectivity index is 1.91. The summed E-state index contributed by atoms with van der Waals surface area (Å²) in [5, 5.41) is 6.29. The Morgan fingerprint density at radius 2 is 2.29 bits per heavy atom. The van der Waals surface area contributed by atoms with Crippen molar-refractivity contribution in [3.63, 3.8) is 0 Å². The number of hydrogen-bond acceptors (Lipinski definition) is 2. The molecule has 3 heteroatoms. The second kappa shape index (κ2) is 5.71. The monoisotopic (exact) mass is 232 g/mol. The SMILES string of the molecule is CCCCNC(=O)C1CCc2ccccc2N1. The van der Waals surface area contributed by atoms with E-state index in [1.165, 1.54) is 5.56 Å². The highest BCUT2D eigenvalue weighted by molar-refractivity contribution is 5.85. The van der Waals surface area contributed by atoms with Gasteiger partial charge in [-0.1, -0.05) is 31.5 Å². The average Bonchev–Trinajstić information content (AvgIpc) is 2.38. The number of para-hydroxylation sites is 1. The molecule has 1 atom stereocenters. The highest BCUT2D eigenvalue weighted by Gasteiger charge is 2.22. The number of unbranched alkanes of at least 4 members (excludes halogenated alkanes) is 1. The molecule has 1 amide bonds. The first-order valence-corrected chi connectivity index (χ1v) is 6.43. The maximum atomic E-state index is 11.9. The smallest absolute Gasteiger partial charge is 0.242 e. The number of nitrogens with one attached hydrogen (secondary N) is 2. The van der Waals surface area contributed by atoms with Gasteiger partial charge in [0.2, 0.25) is 5.91 Å². The zero-order valence-corrected chi connectivity index (χ0v) is 10.3. The number of anilines is 1. The van der Waals surface area contributed by atoms with E-state index in [-0.39, 0.29) is 11.9 Å². The molecule has 0 radical (unpaired) electrons. The molecule has 0 bridgehead atoms. The van der Waals surface area contributed by atoms with Gasteiger partial charge in [-0.2, -0.15) is 0 Å². The molecule has 0 saturated carbocycles. The van der Waals surface area contributed by atoms with Gasteiger partial charge in [0.15, 0.2) is 0 Å². The first-order chi connectivity index (χ1) is 8.31. The van der Waals surface area contributed by atoms with Gasteiger partial charge in [0.05, 0.1) is 0 Å². The van der Waals surface area contributed by atoms with Gasteiger partial charge in [0.1, 0.15) is 6.04 Å². The topological polar surface area (TPSA) is 41.1 Å². The van der Waals surface area contributed by atoms with Crippen LogP contribution in [-0.2, 0) is 11.2 Å². The molecule has 2 rings (SSSR count). The summed E-state index contributed by atoms with van der Waals surface area (Å²) in [5.41, 5.74) is 2.42. The van der Waals surface area contributed by atoms with Gasteiger partial charge in [-0.05, 0) is 30.9 Å². The number of rotatable bonds is 4. The van der Waals surface area contributed by atoms with Crippen molar-refractivity contribution in [2.75, 3.05) is 11.9 Å². The fraction of sp³-hybridized carbons (Fsp3) is 0.500. The van der Waals surface area contributed by atoms with Crippen molar-refractivity contribution in [2.24, 2.45) is 0 Å². The summed E-state index contributed by atoms with van der Waals surface area (Å²) in [6, 6.07) is 8.14. The van der Waals surface area contributed by atoms with Crippen molar-refractivity contribution in [3.8, 4) is 0 Å². The summed E-state index contributed by atoms with van der Waals surface area (Å²) in [6.45, 7) is 2.91. The fourth-order valence-electron chi connectivity index (χ4n) is 2.15. The Morgan fingerprint density at radius 1 is 1.47 bits per heavy atom. The molecular weight excluding hydrogens is 212 g/mol. The average molecular weight is 232 g/mol. The Morgan fingerprint density at radius 3 is 3.12 bits per heavy atom. The van der Waals surface area contributed by atoms with Crippen molar-refractivity contribution < 1.29 is 4.79 Å². The molecule has 1 heterocycles. The minimum absolute atomic E-state index is 0.0678. The largest absolute Gasteiger partial charge is 0.373 e. The molecule has 0 aliphatic carbocycles. The number of amides is 1. The Hall–Kier alpha value is -1.51. The molecule has 0 fully saturated rings. The predicted molar refractivity (Wildman–Crippen MR) is 70.1 cm³/mol. The summed E-state index contributed by atoms with van der Waals surface area (Å²) < 4.78 is 0. The number of carbonyl (C=O) groups excluding carboxylic acids is 1. The molecule has 1 unspecified atom stereocenters. The normalized spacial score (nSPS) is 18.1. The third-order valence-corrected chi connectivity index (χ3v) is 3.20. The van der Waals surface area contributed by atoms with Crippen LogP contribution in [0.1, 0.15) is 31.7 Å². The summed E-state index contributed by atoms with van der Waals surface area (Å²) in [5.74, 6) is 0.132. The summed E-state index contributed by atoms with van der Waals surface area (Å²) in [4.78, 5) is 11.9. The van der Waals surface area contributed by atoms with Crippen LogP contribution < -0.4 is 10.6 Å². The fourth-order valence-corrected chi connectivity index (χ4v) is 2.15. The van der Waals surface area contributed by atoms with E-state index in [1.54, 1.807) is 0 Å². The Labute approximate surface area is 103 Å². The zero-order valence-electron chi connectivity index (χ0n) is 10.3. The molecule has 0 aromatic heterocycles. The van der Waals surface area contributed by atoms with E-state index in [4.69, 9.17) is 0 Å². The van der Waals surface area contributed by atoms with Gasteiger partial charge < -0.3 is 10.6 Å². The molecule has 1 aromatic carbocycles. The highest BCUT2D eigenvalue weighted by atomic mass is 16.2. The first-order valence-electron chi connectivity index (χ1n) is 6.43. The molecule has 1 aliphatic heterocycles. The predicted octanol–water partition coefficient (Wildman–Crippen LogP) is 2.33. The van der Waals surface area contributed by atoms with E-state index in [2.05, 4.69) is 23.6 Å². The second-order valence-electron chi connectivity index (χ2n) is 4.54. The highest BCUT2D eigenvalue weighted by Crippen LogP contribution is 2.24. The van der Waals surface area contributed by atoms with Crippen molar-refractivity contribution >= 4 is 11.6 Å². The number of aryl methyl sites for hydroxylation is 1. The van der Waals surface area contributed by atoms with Gasteiger partial charge in [0, 0.05) is 12.2 Å². The molecule has 0 saturated heterocycles. The van der Waals surface area contributed by atoms with Gasteiger partial charge in [-0.15, -0.1) is 0 Å². The van der Waals surface area contributed by atoms with Crippen LogP contribution in [0.3, 0.4) is 0 Å². The van der Waals surface area contributed by atoms with Crippen LogP contribution in [0.15, 0.2) is 24.3 Å². The summed E-state index contributed by atoms with van der Waals surface area (Å²) in [7, 11) is 0. The lowest BCUT2D eigenvalue weighted by Crippen LogP contribution is -2.42. The first kappa shape index (κ1) is 12.0. The van der Waals surface area contributed by atoms with E-state index in [0.717, 1.165) is 37.9 Å². The number of hydrogen-bond donors (Lipinski definition) is 2. The van der Waals surface area contributed by atoms with E-state index in [0.29, 0.717) is 0 Å². The molecular formula is C14H20N2O. The lowest BCUT2D eigenvalue weighted by molar-refractivity contribution is -0.122. The molecule has 3 nitrogen and oxygen atoms in total. The van der Waals surface area contributed by atoms with Crippen LogP contribution in [0.4, 0.5) is 5.69 Å². The molecule has 17 heavy (non-hydrogen) atoms. The van der Waals surface area contributed by atoms with Crippen LogP contribution in [0.2, 0.25) is 0 Å². The summed E-state index contributed by atoms with van der Waals surface area (Å²) in [6.07, 6.45) is 4.03. The minimum Gasteiger partial charge on any atom is -0.373 e. The van der Waals surface area contributed by atoms with Crippen LogP contribution in [0.5, 0.6) is 0 Å². The minimum atomic E-state index is -0.0678. The van der Waals surface area contributed by atoms with Crippen molar-refractivity contribution in [1.29, 1.82) is 0 Å². The third-order valence-electron chi connectivity index (χ3n) is 3.20. The van der Waals surface area contributed by atoms with Crippen molar-refractivity contribution in [3.05, 3.63) is 29.8 Å². The van der Waals surface area contributed by atoms with Crippen molar-refractivity contribution in [2.45, 2.75) is 38.6 Å². The third kappa shape index (κ3) is 2.99. The van der Waals surface area contributed by atoms with Gasteiger partial charge >= 0.3 is 0 Å². The van der Waals surface area contributed by atoms with Crippen LogP contribution in [0, 0.1) is 0 Å². The van der Waals surface area contributed by atoms with Crippen LogP contribution >= 0.6 is 0 Å². The Bertz CT molecular complexity index is 390. The van der Waals surface area contributed by atoms with Crippen LogP contribution in [-0.4, -0.2) is 18.5 Å².